The van der Waals surface area contributed by atoms with Gasteiger partial charge in [-0.15, -0.1) is 0 Å². The van der Waals surface area contributed by atoms with Crippen molar-refractivity contribution in [3.8, 4) is 0 Å². The lowest BCUT2D eigenvalue weighted by atomic mass is 9.44. The first-order valence-corrected chi connectivity index (χ1v) is 14.9. The molecule has 1 saturated heterocycles. The van der Waals surface area contributed by atoms with Crippen LogP contribution in [0.3, 0.4) is 0 Å². The summed E-state index contributed by atoms with van der Waals surface area (Å²) in [5.74, 6) is 4.92. The fraction of sp³-hybridized carbons (Fsp3) is 0.966. The van der Waals surface area contributed by atoms with Crippen LogP contribution >= 0.6 is 15.9 Å². The summed E-state index contributed by atoms with van der Waals surface area (Å²) in [5.41, 5.74) is 0.759. The molecule has 5 aliphatic rings. The van der Waals surface area contributed by atoms with Crippen molar-refractivity contribution in [2.24, 2.45) is 46.3 Å². The molecule has 10 atom stereocenters. The lowest BCUT2D eigenvalue weighted by Crippen LogP contribution is -2.63. The lowest BCUT2D eigenvalue weighted by molar-refractivity contribution is -0.154. The van der Waals surface area contributed by atoms with Crippen LogP contribution in [0.2, 0.25) is 0 Å². The summed E-state index contributed by atoms with van der Waals surface area (Å²) in [6, 6.07) is 0. The van der Waals surface area contributed by atoms with Crippen molar-refractivity contribution < 1.29 is 14.3 Å². The van der Waals surface area contributed by atoms with Crippen LogP contribution < -0.4 is 0 Å². The van der Waals surface area contributed by atoms with Crippen LogP contribution in [0.25, 0.3) is 0 Å². The minimum absolute atomic E-state index is 0.00455. The maximum Gasteiger partial charge on any atom is 0.302 e. The Morgan fingerprint density at radius 1 is 1.09 bits per heavy atom. The van der Waals surface area contributed by atoms with Crippen molar-refractivity contribution in [1.29, 1.82) is 0 Å². The second-order valence-electron chi connectivity index (χ2n) is 13.4. The van der Waals surface area contributed by atoms with E-state index in [1.807, 2.05) is 0 Å². The third-order valence-corrected chi connectivity index (χ3v) is 13.1. The Balaban J connectivity index is 1.34. The van der Waals surface area contributed by atoms with Crippen LogP contribution in [0.5, 0.6) is 0 Å². The van der Waals surface area contributed by atoms with E-state index in [2.05, 4.69) is 43.6 Å². The van der Waals surface area contributed by atoms with E-state index in [4.69, 9.17) is 9.47 Å². The van der Waals surface area contributed by atoms with Gasteiger partial charge >= 0.3 is 5.97 Å². The molecule has 4 aliphatic carbocycles. The van der Waals surface area contributed by atoms with Gasteiger partial charge < -0.3 is 9.47 Å². The first kappa shape index (κ1) is 24.6. The number of carbonyl (C=O) groups excluding carboxylic acids is 1. The zero-order valence-corrected chi connectivity index (χ0v) is 23.3. The van der Waals surface area contributed by atoms with Gasteiger partial charge in [-0.05, 0) is 85.9 Å². The number of esters is 1. The zero-order chi connectivity index (χ0) is 23.6. The molecule has 0 aromatic heterocycles. The summed E-state index contributed by atoms with van der Waals surface area (Å²) in [7, 11) is 0. The largest absolute Gasteiger partial charge is 0.463 e. The average molecular weight is 524 g/mol. The molecule has 0 aromatic rings. The first-order valence-electron chi connectivity index (χ1n) is 14.1. The summed E-state index contributed by atoms with van der Waals surface area (Å²) in [6.45, 7) is 12.4. The molecule has 4 saturated carbocycles. The lowest BCUT2D eigenvalue weighted by Gasteiger charge is -2.63. The standard InChI is InChI=1S/C29H47BrO3/c1-18(2)7-6-8-19(3)23-9-10-24-22-15-26-29(30)16-21(33-20(4)31)11-14-28(29,17-32-26)25(22)12-13-27(23,24)5/h18-19,21-26H,6-17H2,1-5H3/t19-,21+,22+,23-,24+,25+,26?,27-,28+,29+/m1/s1. The molecule has 0 amide bonds. The number of hydrogen-bond donors (Lipinski definition) is 0. The molecule has 0 aromatic carbocycles. The van der Waals surface area contributed by atoms with Crippen LogP contribution in [0, 0.1) is 46.3 Å². The van der Waals surface area contributed by atoms with E-state index < -0.39 is 0 Å². The molecule has 188 valence electrons. The van der Waals surface area contributed by atoms with E-state index in [9.17, 15) is 4.79 Å². The minimum atomic E-state index is -0.137. The van der Waals surface area contributed by atoms with Crippen molar-refractivity contribution in [3.63, 3.8) is 0 Å². The molecule has 5 rings (SSSR count). The van der Waals surface area contributed by atoms with Gasteiger partial charge in [0, 0.05) is 18.8 Å². The molecule has 4 heteroatoms. The van der Waals surface area contributed by atoms with Gasteiger partial charge in [0.2, 0.25) is 0 Å². The van der Waals surface area contributed by atoms with Crippen molar-refractivity contribution >= 4 is 21.9 Å². The maximum atomic E-state index is 11.7. The third kappa shape index (κ3) is 3.78. The van der Waals surface area contributed by atoms with Crippen LogP contribution in [0.1, 0.15) is 105 Å². The highest BCUT2D eigenvalue weighted by molar-refractivity contribution is 9.10. The van der Waals surface area contributed by atoms with E-state index in [0.717, 1.165) is 61.4 Å². The normalized spacial score (nSPS) is 49.3. The number of alkyl halides is 1. The topological polar surface area (TPSA) is 35.5 Å². The zero-order valence-electron chi connectivity index (χ0n) is 21.7. The van der Waals surface area contributed by atoms with Crippen LogP contribution in [-0.4, -0.2) is 29.1 Å². The third-order valence-electron chi connectivity index (χ3n) is 11.5. The molecule has 3 nitrogen and oxygen atoms in total. The molecule has 1 heterocycles. The van der Waals surface area contributed by atoms with Gasteiger partial charge in [-0.2, -0.15) is 0 Å². The van der Waals surface area contributed by atoms with E-state index in [-0.39, 0.29) is 27.9 Å². The van der Waals surface area contributed by atoms with Crippen molar-refractivity contribution in [3.05, 3.63) is 0 Å². The molecule has 0 spiro atoms. The molecule has 0 N–H and O–H groups in total. The van der Waals surface area contributed by atoms with Crippen LogP contribution in [-0.2, 0) is 14.3 Å². The second-order valence-corrected chi connectivity index (χ2v) is 14.9. The van der Waals surface area contributed by atoms with Crippen molar-refractivity contribution in [2.75, 3.05) is 6.61 Å². The quantitative estimate of drug-likeness (QED) is 0.266. The molecule has 33 heavy (non-hydrogen) atoms. The Morgan fingerprint density at radius 2 is 1.88 bits per heavy atom. The number of halogens is 1. The predicted octanol–water partition coefficient (Wildman–Crippen LogP) is 7.55. The number of hydrogen-bond acceptors (Lipinski definition) is 3. The monoisotopic (exact) mass is 522 g/mol. The molecule has 5 fully saturated rings. The SMILES string of the molecule is CC(=O)O[C@H]1CC[C@]23COC(C[C@H]4[C@@H]5CC[C@H]([C@H](C)CCCC(C)C)[C@@]5(C)CC[C@@H]42)[C@@]3(Br)C1. The van der Waals surface area contributed by atoms with Gasteiger partial charge in [0.15, 0.2) is 0 Å². The van der Waals surface area contributed by atoms with E-state index in [0.29, 0.717) is 5.41 Å². The summed E-state index contributed by atoms with van der Waals surface area (Å²) >= 11 is 4.29. The Kier molecular flexibility index (Phi) is 6.55. The van der Waals surface area contributed by atoms with E-state index in [1.165, 1.54) is 51.4 Å². The Hall–Kier alpha value is -0.0900. The average Bonchev–Trinajstić information content (AvgIpc) is 3.16. The highest BCUT2D eigenvalue weighted by atomic mass is 79.9. The van der Waals surface area contributed by atoms with E-state index >= 15 is 0 Å². The van der Waals surface area contributed by atoms with Crippen molar-refractivity contribution in [2.45, 2.75) is 122 Å². The molecule has 1 unspecified atom stereocenters. The molecule has 1 aliphatic heterocycles. The number of fused-ring (bicyclic) bond motifs is 3. The Labute approximate surface area is 210 Å². The number of ether oxygens (including phenoxy) is 2. The fourth-order valence-corrected chi connectivity index (χ4v) is 11.3. The van der Waals surface area contributed by atoms with Crippen LogP contribution in [0.4, 0.5) is 0 Å². The maximum absolute atomic E-state index is 11.7. The summed E-state index contributed by atoms with van der Waals surface area (Å²) in [6.07, 6.45) is 14.5. The summed E-state index contributed by atoms with van der Waals surface area (Å²) in [5, 5.41) is 0. The summed E-state index contributed by atoms with van der Waals surface area (Å²) < 4.78 is 12.3. The highest BCUT2D eigenvalue weighted by Crippen LogP contribution is 2.73. The number of rotatable bonds is 6. The van der Waals surface area contributed by atoms with Crippen LogP contribution in [0.15, 0.2) is 0 Å². The van der Waals surface area contributed by atoms with Crippen molar-refractivity contribution in [1.82, 2.24) is 0 Å². The first-order chi connectivity index (χ1) is 15.6. The molecular weight excluding hydrogens is 476 g/mol. The summed E-state index contributed by atoms with van der Waals surface area (Å²) in [4.78, 5) is 11.7. The Morgan fingerprint density at radius 3 is 2.61 bits per heavy atom. The molecule has 2 bridgehead atoms. The highest BCUT2D eigenvalue weighted by Gasteiger charge is 2.72. The fourth-order valence-electron chi connectivity index (χ4n) is 10.1. The molecular formula is C29H47BrO3. The van der Waals surface area contributed by atoms with Gasteiger partial charge in [-0.3, -0.25) is 4.79 Å². The van der Waals surface area contributed by atoms with Gasteiger partial charge in [-0.25, -0.2) is 0 Å². The van der Waals surface area contributed by atoms with E-state index in [1.54, 1.807) is 6.92 Å². The van der Waals surface area contributed by atoms with Gasteiger partial charge in [0.05, 0.1) is 17.0 Å². The predicted molar refractivity (Wildman–Crippen MR) is 136 cm³/mol. The smallest absolute Gasteiger partial charge is 0.302 e. The Bertz CT molecular complexity index is 753. The molecule has 0 radical (unpaired) electrons. The number of carbonyl (C=O) groups is 1. The van der Waals surface area contributed by atoms with Gasteiger partial charge in [0.25, 0.3) is 0 Å². The second kappa shape index (κ2) is 8.79. The van der Waals surface area contributed by atoms with Gasteiger partial charge in [-0.1, -0.05) is 62.9 Å². The minimum Gasteiger partial charge on any atom is -0.463 e. The van der Waals surface area contributed by atoms with Gasteiger partial charge in [0.1, 0.15) is 6.10 Å².